The fourth-order valence-electron chi connectivity index (χ4n) is 3.76. The fourth-order valence-corrected chi connectivity index (χ4v) is 6.34. The van der Waals surface area contributed by atoms with E-state index in [0.717, 1.165) is 23.3 Å². The smallest absolute Gasteiger partial charge is 0.261 e. The average molecular weight is 435 g/mol. The van der Waals surface area contributed by atoms with Gasteiger partial charge in [-0.25, -0.2) is 8.42 Å². The maximum atomic E-state index is 12.7. The number of hydrogen-bond donors (Lipinski definition) is 1. The van der Waals surface area contributed by atoms with E-state index in [2.05, 4.69) is 5.32 Å². The third-order valence-corrected chi connectivity index (χ3v) is 8.60. The van der Waals surface area contributed by atoms with Crippen LogP contribution in [0.5, 0.6) is 0 Å². The highest BCUT2D eigenvalue weighted by Gasteiger charge is 2.26. The summed E-state index contributed by atoms with van der Waals surface area (Å²) >= 11 is 1.61. The second-order valence-electron chi connectivity index (χ2n) is 7.46. The van der Waals surface area contributed by atoms with Gasteiger partial charge in [0.2, 0.25) is 10.0 Å². The van der Waals surface area contributed by atoms with Crippen LogP contribution in [0, 0.1) is 0 Å². The molecule has 0 bridgehead atoms. The van der Waals surface area contributed by atoms with E-state index in [0.29, 0.717) is 32.8 Å². The molecule has 1 aliphatic heterocycles. The number of ether oxygens (including phenoxy) is 1. The normalized spacial score (nSPS) is 18.1. The summed E-state index contributed by atoms with van der Waals surface area (Å²) in [7, 11) is -3.49. The Bertz CT molecular complexity index is 938. The highest BCUT2D eigenvalue weighted by molar-refractivity contribution is 7.89. The number of benzene rings is 1. The molecule has 1 fully saturated rings. The lowest BCUT2D eigenvalue weighted by atomic mass is 10.1. The van der Waals surface area contributed by atoms with Crippen LogP contribution in [0.3, 0.4) is 0 Å². The SMILES string of the molecule is O=C(NCc1ccc(S(=O)(=O)N2CCOCC2)cc1)c1cc2c(s1)CCCCC2. The zero-order valence-corrected chi connectivity index (χ0v) is 18.0. The Morgan fingerprint density at radius 2 is 1.79 bits per heavy atom. The molecule has 4 rings (SSSR count). The van der Waals surface area contributed by atoms with Crippen molar-refractivity contribution in [1.82, 2.24) is 9.62 Å². The summed E-state index contributed by atoms with van der Waals surface area (Å²) in [6.45, 7) is 1.99. The number of carbonyl (C=O) groups excluding carboxylic acids is 1. The minimum Gasteiger partial charge on any atom is -0.379 e. The first kappa shape index (κ1) is 20.5. The van der Waals surface area contributed by atoms with Gasteiger partial charge in [-0.15, -0.1) is 11.3 Å². The van der Waals surface area contributed by atoms with Gasteiger partial charge in [-0.2, -0.15) is 4.31 Å². The first-order valence-corrected chi connectivity index (χ1v) is 12.4. The Hall–Kier alpha value is -1.74. The van der Waals surface area contributed by atoms with Crippen LogP contribution in [-0.2, 0) is 34.1 Å². The average Bonchev–Trinajstić information content (AvgIpc) is 3.03. The predicted molar refractivity (Wildman–Crippen MR) is 113 cm³/mol. The van der Waals surface area contributed by atoms with Gasteiger partial charge in [0.05, 0.1) is 23.0 Å². The number of sulfonamides is 1. The third kappa shape index (κ3) is 4.71. The molecule has 0 atom stereocenters. The topological polar surface area (TPSA) is 75.7 Å². The maximum absolute atomic E-state index is 12.7. The van der Waals surface area contributed by atoms with E-state index in [1.54, 1.807) is 35.6 Å². The van der Waals surface area contributed by atoms with E-state index in [1.807, 2.05) is 6.07 Å². The number of rotatable bonds is 5. The van der Waals surface area contributed by atoms with Gasteiger partial charge in [-0.3, -0.25) is 4.79 Å². The Balaban J connectivity index is 1.37. The second-order valence-corrected chi connectivity index (χ2v) is 10.5. The molecule has 1 amide bonds. The molecule has 1 aliphatic carbocycles. The minimum atomic E-state index is -3.49. The van der Waals surface area contributed by atoms with E-state index in [4.69, 9.17) is 4.74 Å². The van der Waals surface area contributed by atoms with Crippen LogP contribution in [0.4, 0.5) is 0 Å². The summed E-state index contributed by atoms with van der Waals surface area (Å²) in [5, 5.41) is 2.96. The van der Waals surface area contributed by atoms with Gasteiger partial charge in [0.1, 0.15) is 0 Å². The molecule has 156 valence electrons. The summed E-state index contributed by atoms with van der Waals surface area (Å²) in [4.78, 5) is 14.9. The van der Waals surface area contributed by atoms with Crippen molar-refractivity contribution in [2.45, 2.75) is 43.5 Å². The Labute approximate surface area is 175 Å². The molecule has 6 nitrogen and oxygen atoms in total. The van der Waals surface area contributed by atoms with Crippen LogP contribution in [0.1, 0.15) is 44.9 Å². The Morgan fingerprint density at radius 1 is 1.07 bits per heavy atom. The first-order chi connectivity index (χ1) is 14.0. The van der Waals surface area contributed by atoms with Crippen molar-refractivity contribution in [1.29, 1.82) is 0 Å². The molecule has 0 saturated carbocycles. The summed E-state index contributed by atoms with van der Waals surface area (Å²) in [6.07, 6.45) is 5.81. The quantitative estimate of drug-likeness (QED) is 0.734. The molecule has 29 heavy (non-hydrogen) atoms. The zero-order chi connectivity index (χ0) is 20.3. The van der Waals surface area contributed by atoms with Crippen molar-refractivity contribution in [2.75, 3.05) is 26.3 Å². The van der Waals surface area contributed by atoms with Gasteiger partial charge in [-0.1, -0.05) is 18.6 Å². The minimum absolute atomic E-state index is 0.0620. The highest BCUT2D eigenvalue weighted by Crippen LogP contribution is 2.29. The first-order valence-electron chi connectivity index (χ1n) is 10.1. The van der Waals surface area contributed by atoms with Gasteiger partial charge in [0.15, 0.2) is 0 Å². The second kappa shape index (κ2) is 8.95. The summed E-state index contributed by atoms with van der Waals surface area (Å²) < 4.78 is 32.0. The molecule has 8 heteroatoms. The molecule has 0 radical (unpaired) electrons. The fraction of sp³-hybridized carbons (Fsp3) is 0.476. The molecular weight excluding hydrogens is 408 g/mol. The lowest BCUT2D eigenvalue weighted by Gasteiger charge is -2.26. The maximum Gasteiger partial charge on any atom is 0.261 e. The lowest BCUT2D eigenvalue weighted by molar-refractivity contribution is 0.0730. The largest absolute Gasteiger partial charge is 0.379 e. The molecule has 2 aromatic rings. The summed E-state index contributed by atoms with van der Waals surface area (Å²) in [5.41, 5.74) is 2.20. The number of thiophene rings is 1. The van der Waals surface area contributed by atoms with Crippen molar-refractivity contribution in [3.63, 3.8) is 0 Å². The van der Waals surface area contributed by atoms with Gasteiger partial charge in [0.25, 0.3) is 5.91 Å². The number of fused-ring (bicyclic) bond motifs is 1. The lowest BCUT2D eigenvalue weighted by Crippen LogP contribution is -2.40. The Kier molecular flexibility index (Phi) is 6.34. The van der Waals surface area contributed by atoms with Gasteiger partial charge >= 0.3 is 0 Å². The zero-order valence-electron chi connectivity index (χ0n) is 16.4. The number of amides is 1. The van der Waals surface area contributed by atoms with Crippen LogP contribution in [-0.4, -0.2) is 44.9 Å². The Morgan fingerprint density at radius 3 is 2.55 bits per heavy atom. The summed E-state index contributed by atoms with van der Waals surface area (Å²) in [6, 6.07) is 8.78. The number of nitrogens with zero attached hydrogens (tertiary/aromatic N) is 1. The molecule has 0 unspecified atom stereocenters. The van der Waals surface area contributed by atoms with E-state index in [1.165, 1.54) is 34.0 Å². The van der Waals surface area contributed by atoms with Crippen LogP contribution in [0.25, 0.3) is 0 Å². The number of hydrogen-bond acceptors (Lipinski definition) is 5. The monoisotopic (exact) mass is 434 g/mol. The number of morpholine rings is 1. The molecule has 1 saturated heterocycles. The van der Waals surface area contributed by atoms with Gasteiger partial charge < -0.3 is 10.1 Å². The number of carbonyl (C=O) groups is 1. The molecule has 2 heterocycles. The van der Waals surface area contributed by atoms with Crippen molar-refractivity contribution in [3.8, 4) is 0 Å². The van der Waals surface area contributed by atoms with E-state index < -0.39 is 10.0 Å². The van der Waals surface area contributed by atoms with Crippen LogP contribution < -0.4 is 5.32 Å². The molecule has 1 aromatic carbocycles. The molecular formula is C21H26N2O4S2. The molecule has 2 aliphatic rings. The van der Waals surface area contributed by atoms with E-state index in [-0.39, 0.29) is 10.8 Å². The number of nitrogens with one attached hydrogen (secondary N) is 1. The summed E-state index contributed by atoms with van der Waals surface area (Å²) in [5.74, 6) is -0.0620. The van der Waals surface area contributed by atoms with Crippen LogP contribution in [0.15, 0.2) is 35.2 Å². The third-order valence-electron chi connectivity index (χ3n) is 5.45. The van der Waals surface area contributed by atoms with Gasteiger partial charge in [-0.05, 0) is 55.0 Å². The van der Waals surface area contributed by atoms with Crippen molar-refractivity contribution >= 4 is 27.3 Å². The van der Waals surface area contributed by atoms with Crippen molar-refractivity contribution < 1.29 is 17.9 Å². The van der Waals surface area contributed by atoms with Gasteiger partial charge in [0, 0.05) is 24.5 Å². The standard InChI is InChI=1S/C21H26N2O4S2/c24-21(20-14-17-4-2-1-3-5-19(17)28-20)22-15-16-6-8-18(9-7-16)29(25,26)23-10-12-27-13-11-23/h6-9,14H,1-5,10-13,15H2,(H,22,24). The van der Waals surface area contributed by atoms with E-state index >= 15 is 0 Å². The molecule has 0 spiro atoms. The van der Waals surface area contributed by atoms with Crippen LogP contribution in [0.2, 0.25) is 0 Å². The predicted octanol–water partition coefficient (Wildman–Crippen LogP) is 2.97. The van der Waals surface area contributed by atoms with Crippen LogP contribution >= 0.6 is 11.3 Å². The van der Waals surface area contributed by atoms with Crippen molar-refractivity contribution in [2.24, 2.45) is 0 Å². The van der Waals surface area contributed by atoms with E-state index in [9.17, 15) is 13.2 Å². The van der Waals surface area contributed by atoms with Crippen molar-refractivity contribution in [3.05, 3.63) is 51.2 Å². The highest BCUT2D eigenvalue weighted by atomic mass is 32.2. The molecule has 1 aromatic heterocycles. The molecule has 1 N–H and O–H groups in total. The number of aryl methyl sites for hydroxylation is 2.